The number of hydrogen-bond donors (Lipinski definition) is 3. The third kappa shape index (κ3) is 8.34. The van der Waals surface area contributed by atoms with Crippen molar-refractivity contribution in [3.63, 3.8) is 0 Å². The van der Waals surface area contributed by atoms with Gasteiger partial charge in [0.15, 0.2) is 0 Å². The molecule has 1 atom stereocenters. The van der Waals surface area contributed by atoms with E-state index in [4.69, 9.17) is 23.2 Å². The zero-order valence-electron chi connectivity index (χ0n) is 24.2. The smallest absolute Gasteiger partial charge is 0.272 e. The van der Waals surface area contributed by atoms with Crippen LogP contribution in [0.15, 0.2) is 126 Å². The normalized spacial score (nSPS) is 11.9. The molecule has 0 fully saturated rings. The number of carbonyl (C=O) groups excluding carboxylic acids is 3. The molecule has 5 rings (SSSR count). The first kappa shape index (κ1) is 31.9. The summed E-state index contributed by atoms with van der Waals surface area (Å²) >= 11 is 13.8. The predicted molar refractivity (Wildman–Crippen MR) is 186 cm³/mol. The maximum atomic E-state index is 13.5. The number of nitrogens with one attached hydrogen (secondary N) is 3. The second-order valence-electron chi connectivity index (χ2n) is 10.1. The van der Waals surface area contributed by atoms with Crippen molar-refractivity contribution in [2.45, 2.75) is 23.5 Å². The van der Waals surface area contributed by atoms with Crippen LogP contribution in [-0.4, -0.2) is 23.0 Å². The average Bonchev–Trinajstić information content (AvgIpc) is 3.05. The highest BCUT2D eigenvalue weighted by molar-refractivity contribution is 8.00. The Labute approximate surface area is 275 Å². The number of carbonyl (C=O) groups is 3. The van der Waals surface area contributed by atoms with Crippen LogP contribution in [0.3, 0.4) is 0 Å². The molecule has 5 aromatic rings. The van der Waals surface area contributed by atoms with Gasteiger partial charge >= 0.3 is 0 Å². The summed E-state index contributed by atoms with van der Waals surface area (Å²) < 4.78 is 0. The van der Waals surface area contributed by atoms with Gasteiger partial charge in [-0.25, -0.2) is 0 Å². The lowest BCUT2D eigenvalue weighted by Gasteiger charge is -2.17. The number of hydrogen-bond acceptors (Lipinski definition) is 4. The first-order valence-corrected chi connectivity index (χ1v) is 15.8. The van der Waals surface area contributed by atoms with Crippen LogP contribution in [0, 0.1) is 0 Å². The summed E-state index contributed by atoms with van der Waals surface area (Å²) in [5.74, 6) is -1.11. The summed E-state index contributed by atoms with van der Waals surface area (Å²) in [4.78, 5) is 40.6. The zero-order chi connectivity index (χ0) is 31.8. The van der Waals surface area contributed by atoms with Crippen molar-refractivity contribution in [1.29, 1.82) is 0 Å². The molecular formula is C36H29Cl2N3O3S. The maximum absolute atomic E-state index is 13.5. The first-order chi connectivity index (χ1) is 21.8. The fourth-order valence-electron chi connectivity index (χ4n) is 4.60. The van der Waals surface area contributed by atoms with Crippen molar-refractivity contribution < 1.29 is 14.4 Å². The van der Waals surface area contributed by atoms with E-state index in [0.29, 0.717) is 33.3 Å². The molecule has 0 radical (unpaired) electrons. The fourth-order valence-corrected chi connectivity index (χ4v) is 6.07. The third-order valence-electron chi connectivity index (χ3n) is 6.87. The first-order valence-electron chi connectivity index (χ1n) is 14.2. The quantitative estimate of drug-likeness (QED) is 0.104. The van der Waals surface area contributed by atoms with Gasteiger partial charge in [-0.1, -0.05) is 96.9 Å². The largest absolute Gasteiger partial charge is 0.325 e. The molecule has 45 heavy (non-hydrogen) atoms. The number of anilines is 2. The average molecular weight is 655 g/mol. The highest BCUT2D eigenvalue weighted by Crippen LogP contribution is 2.30. The van der Waals surface area contributed by atoms with Crippen molar-refractivity contribution in [2.75, 3.05) is 10.6 Å². The maximum Gasteiger partial charge on any atom is 0.272 e. The van der Waals surface area contributed by atoms with E-state index in [1.165, 1.54) is 17.8 Å². The summed E-state index contributed by atoms with van der Waals surface area (Å²) in [7, 11) is 0. The molecule has 3 amide bonds. The van der Waals surface area contributed by atoms with Crippen LogP contribution < -0.4 is 16.0 Å². The Morgan fingerprint density at radius 1 is 0.800 bits per heavy atom. The molecule has 0 aromatic heterocycles. The number of amides is 3. The second-order valence-corrected chi connectivity index (χ2v) is 12.2. The SMILES string of the molecule is CCC(Sc1cccc(NC(=O)/C(=C\c2ccc(Cl)cc2Cl)NC(=O)c2ccccc2)c1)C(=O)Nc1cccc2ccccc12. The lowest BCUT2D eigenvalue weighted by Crippen LogP contribution is -2.30. The molecule has 1 unspecified atom stereocenters. The fraction of sp³-hybridized carbons (Fsp3) is 0.0833. The van der Waals surface area contributed by atoms with Crippen molar-refractivity contribution in [3.8, 4) is 0 Å². The molecule has 0 bridgehead atoms. The molecule has 0 saturated carbocycles. The third-order valence-corrected chi connectivity index (χ3v) is 8.79. The molecule has 0 spiro atoms. The van der Waals surface area contributed by atoms with E-state index in [1.54, 1.807) is 66.7 Å². The Morgan fingerprint density at radius 2 is 1.53 bits per heavy atom. The molecule has 5 aromatic carbocycles. The molecule has 0 aliphatic rings. The molecule has 0 saturated heterocycles. The van der Waals surface area contributed by atoms with Gasteiger partial charge in [-0.3, -0.25) is 14.4 Å². The van der Waals surface area contributed by atoms with E-state index in [1.807, 2.05) is 55.5 Å². The topological polar surface area (TPSA) is 87.3 Å². The summed E-state index contributed by atoms with van der Waals surface area (Å²) in [5, 5.41) is 11.1. The van der Waals surface area contributed by atoms with Gasteiger partial charge in [-0.15, -0.1) is 11.8 Å². The second kappa shape index (κ2) is 14.9. The minimum Gasteiger partial charge on any atom is -0.325 e. The lowest BCUT2D eigenvalue weighted by atomic mass is 10.1. The highest BCUT2D eigenvalue weighted by atomic mass is 35.5. The minimum atomic E-state index is -0.548. The Balaban J connectivity index is 1.33. The number of halogens is 2. The van der Waals surface area contributed by atoms with Crippen LogP contribution in [0.1, 0.15) is 29.3 Å². The summed E-state index contributed by atoms with van der Waals surface area (Å²) in [6.07, 6.45) is 2.09. The van der Waals surface area contributed by atoms with Gasteiger partial charge < -0.3 is 16.0 Å². The molecule has 3 N–H and O–H groups in total. The van der Waals surface area contributed by atoms with E-state index in [-0.39, 0.29) is 16.9 Å². The molecule has 226 valence electrons. The van der Waals surface area contributed by atoms with Crippen LogP contribution in [0.2, 0.25) is 10.0 Å². The highest BCUT2D eigenvalue weighted by Gasteiger charge is 2.20. The van der Waals surface area contributed by atoms with E-state index in [0.717, 1.165) is 21.4 Å². The molecule has 0 aliphatic heterocycles. The van der Waals surface area contributed by atoms with Gasteiger partial charge in [0.2, 0.25) is 5.91 Å². The monoisotopic (exact) mass is 653 g/mol. The molecule has 6 nitrogen and oxygen atoms in total. The van der Waals surface area contributed by atoms with Gasteiger partial charge in [0, 0.05) is 37.3 Å². The zero-order valence-corrected chi connectivity index (χ0v) is 26.5. The van der Waals surface area contributed by atoms with Crippen molar-refractivity contribution in [3.05, 3.63) is 142 Å². The van der Waals surface area contributed by atoms with Crippen LogP contribution in [-0.2, 0) is 9.59 Å². The van der Waals surface area contributed by atoms with Gasteiger partial charge in [0.25, 0.3) is 11.8 Å². The summed E-state index contributed by atoms with van der Waals surface area (Å²) in [6, 6.07) is 34.4. The van der Waals surface area contributed by atoms with Gasteiger partial charge in [0.1, 0.15) is 5.70 Å². The van der Waals surface area contributed by atoms with E-state index >= 15 is 0 Å². The van der Waals surface area contributed by atoms with E-state index < -0.39 is 11.8 Å². The Bertz CT molecular complexity index is 1890. The molecule has 0 heterocycles. The summed E-state index contributed by atoms with van der Waals surface area (Å²) in [6.45, 7) is 1.96. The lowest BCUT2D eigenvalue weighted by molar-refractivity contribution is -0.116. The summed E-state index contributed by atoms with van der Waals surface area (Å²) in [5.41, 5.74) is 2.15. The predicted octanol–water partition coefficient (Wildman–Crippen LogP) is 9.07. The number of thioether (sulfide) groups is 1. The van der Waals surface area contributed by atoms with Crippen LogP contribution >= 0.6 is 35.0 Å². The van der Waals surface area contributed by atoms with Gasteiger partial charge in [0.05, 0.1) is 5.25 Å². The molecular weight excluding hydrogens is 625 g/mol. The minimum absolute atomic E-state index is 0.00738. The van der Waals surface area contributed by atoms with Crippen LogP contribution in [0.25, 0.3) is 16.8 Å². The van der Waals surface area contributed by atoms with E-state index in [2.05, 4.69) is 16.0 Å². The Hall–Kier alpha value is -4.56. The Kier molecular flexibility index (Phi) is 10.6. The van der Waals surface area contributed by atoms with Crippen LogP contribution in [0.5, 0.6) is 0 Å². The van der Waals surface area contributed by atoms with Gasteiger partial charge in [-0.05, 0) is 72.0 Å². The van der Waals surface area contributed by atoms with Crippen molar-refractivity contribution in [1.82, 2.24) is 5.32 Å². The van der Waals surface area contributed by atoms with Crippen molar-refractivity contribution in [2.24, 2.45) is 0 Å². The van der Waals surface area contributed by atoms with Crippen LogP contribution in [0.4, 0.5) is 11.4 Å². The standard InChI is InChI=1S/C36H29Cl2N3O3S/c1-2-33(36(44)40-31-17-8-13-23-10-6-7-16-29(23)31)45-28-15-9-14-27(22-28)39-35(43)32(20-25-18-19-26(37)21-30(25)38)41-34(42)24-11-4-3-5-12-24/h3-22,33H,2H2,1H3,(H,39,43)(H,40,44)(H,41,42)/b32-20+. The number of fused-ring (bicyclic) bond motifs is 1. The van der Waals surface area contributed by atoms with E-state index in [9.17, 15) is 14.4 Å². The number of benzene rings is 5. The molecule has 9 heteroatoms. The van der Waals surface area contributed by atoms with Crippen molar-refractivity contribution >= 4 is 80.9 Å². The van der Waals surface area contributed by atoms with Gasteiger partial charge in [-0.2, -0.15) is 0 Å². The number of rotatable bonds is 10. The Morgan fingerprint density at radius 3 is 2.31 bits per heavy atom. The molecule has 0 aliphatic carbocycles.